The second kappa shape index (κ2) is 12.9. The van der Waals surface area contributed by atoms with Crippen LogP contribution < -0.4 is 4.90 Å². The third kappa shape index (κ3) is 5.24. The number of fused-ring (bicyclic) bond motifs is 7. The van der Waals surface area contributed by atoms with Crippen molar-refractivity contribution in [1.29, 1.82) is 0 Å². The highest BCUT2D eigenvalue weighted by Gasteiger charge is 2.20. The number of hydrogen-bond donors (Lipinski definition) is 0. The van der Waals surface area contributed by atoms with Crippen LogP contribution in [0.1, 0.15) is 0 Å². The Balaban J connectivity index is 1.10. The Bertz CT molecular complexity index is 3160. The molecular formula is C52H34N2S. The first-order valence-corrected chi connectivity index (χ1v) is 19.6. The molecule has 11 aromatic rings. The Hall–Kier alpha value is -6.94. The van der Waals surface area contributed by atoms with E-state index in [1.165, 1.54) is 75.0 Å². The van der Waals surface area contributed by atoms with E-state index in [-0.39, 0.29) is 0 Å². The maximum absolute atomic E-state index is 2.43. The van der Waals surface area contributed by atoms with Gasteiger partial charge >= 0.3 is 0 Å². The van der Waals surface area contributed by atoms with Crippen molar-refractivity contribution in [3.05, 3.63) is 206 Å². The molecule has 258 valence electrons. The molecule has 0 aliphatic rings. The van der Waals surface area contributed by atoms with Crippen molar-refractivity contribution in [1.82, 2.24) is 4.57 Å². The van der Waals surface area contributed by atoms with Crippen LogP contribution in [0.2, 0.25) is 0 Å². The Morgan fingerprint density at radius 3 is 1.78 bits per heavy atom. The second-order valence-corrected chi connectivity index (χ2v) is 15.2. The summed E-state index contributed by atoms with van der Waals surface area (Å²) in [5, 5.41) is 7.64. The molecule has 0 aliphatic carbocycles. The Kier molecular flexibility index (Phi) is 7.39. The van der Waals surface area contributed by atoms with Crippen LogP contribution in [0.5, 0.6) is 0 Å². The van der Waals surface area contributed by atoms with Gasteiger partial charge < -0.3 is 9.47 Å². The van der Waals surface area contributed by atoms with E-state index in [4.69, 9.17) is 0 Å². The minimum atomic E-state index is 1.09. The van der Waals surface area contributed by atoms with Crippen LogP contribution in [-0.2, 0) is 0 Å². The summed E-state index contributed by atoms with van der Waals surface area (Å²) in [6, 6.07) is 75.2. The predicted molar refractivity (Wildman–Crippen MR) is 237 cm³/mol. The quantitative estimate of drug-likeness (QED) is 0.166. The van der Waals surface area contributed by atoms with E-state index >= 15 is 0 Å². The Labute approximate surface area is 323 Å². The van der Waals surface area contributed by atoms with Gasteiger partial charge in [-0.15, -0.1) is 11.3 Å². The maximum Gasteiger partial charge on any atom is 0.0541 e. The monoisotopic (exact) mass is 718 g/mol. The van der Waals surface area contributed by atoms with Crippen molar-refractivity contribution in [2.75, 3.05) is 4.90 Å². The smallest absolute Gasteiger partial charge is 0.0541 e. The fourth-order valence-corrected chi connectivity index (χ4v) is 9.62. The van der Waals surface area contributed by atoms with E-state index < -0.39 is 0 Å². The molecule has 0 spiro atoms. The van der Waals surface area contributed by atoms with Crippen molar-refractivity contribution < 1.29 is 0 Å². The summed E-state index contributed by atoms with van der Waals surface area (Å²) < 4.78 is 5.00. The van der Waals surface area contributed by atoms with Crippen LogP contribution in [0.3, 0.4) is 0 Å². The zero-order valence-corrected chi connectivity index (χ0v) is 30.7. The first-order valence-electron chi connectivity index (χ1n) is 18.8. The van der Waals surface area contributed by atoms with Crippen molar-refractivity contribution in [2.24, 2.45) is 0 Å². The van der Waals surface area contributed by atoms with Gasteiger partial charge in [-0.25, -0.2) is 0 Å². The van der Waals surface area contributed by atoms with Gasteiger partial charge in [0.15, 0.2) is 0 Å². The Morgan fingerprint density at radius 2 is 0.964 bits per heavy atom. The summed E-state index contributed by atoms with van der Waals surface area (Å²) in [5.74, 6) is 0. The van der Waals surface area contributed by atoms with Gasteiger partial charge in [0, 0.05) is 53.6 Å². The van der Waals surface area contributed by atoms with Crippen LogP contribution in [0, 0.1) is 0 Å². The SMILES string of the molecule is c1cc(-c2cccc3ccccc23)cc(N(c2ccc(-n3c4ccccc4c4ccccc43)cc2)c2ccccc2-c2ccc3c(c2)sc2ccccc23)c1. The molecule has 0 atom stereocenters. The van der Waals surface area contributed by atoms with Gasteiger partial charge in [0.25, 0.3) is 0 Å². The largest absolute Gasteiger partial charge is 0.310 e. The molecule has 55 heavy (non-hydrogen) atoms. The van der Waals surface area contributed by atoms with E-state index in [0.29, 0.717) is 0 Å². The van der Waals surface area contributed by atoms with Crippen molar-refractivity contribution in [3.63, 3.8) is 0 Å². The van der Waals surface area contributed by atoms with Crippen LogP contribution in [0.25, 0.3) is 80.7 Å². The molecule has 0 bridgehead atoms. The molecule has 2 nitrogen and oxygen atoms in total. The third-order valence-corrected chi connectivity index (χ3v) is 12.1. The van der Waals surface area contributed by atoms with Gasteiger partial charge in [-0.3, -0.25) is 0 Å². The number of rotatable bonds is 6. The molecule has 0 N–H and O–H groups in total. The lowest BCUT2D eigenvalue weighted by atomic mass is 9.97. The number of nitrogens with zero attached hydrogens (tertiary/aromatic N) is 2. The number of para-hydroxylation sites is 3. The summed E-state index contributed by atoms with van der Waals surface area (Å²) in [6.45, 7) is 0. The standard InChI is InChI=1S/C52H34N2S/c1-2-17-41-35(13-1)14-12-22-42(41)36-15-11-16-40(33-36)53(38-28-30-39(31-29-38)54-49-24-8-4-19-44(49)45-20-5-9-25-50(45)54)48-23-7-3-18-43(48)37-27-32-47-46-21-6-10-26-51(46)55-52(47)34-37/h1-34H. The fourth-order valence-electron chi connectivity index (χ4n) is 8.47. The molecule has 0 saturated heterocycles. The number of thiophene rings is 1. The first-order chi connectivity index (χ1) is 27.3. The molecule has 2 aromatic heterocycles. The zero-order chi connectivity index (χ0) is 36.3. The minimum absolute atomic E-state index is 1.09. The lowest BCUT2D eigenvalue weighted by Crippen LogP contribution is -2.11. The van der Waals surface area contributed by atoms with Crippen LogP contribution in [0.4, 0.5) is 17.1 Å². The molecule has 0 unspecified atom stereocenters. The van der Waals surface area contributed by atoms with Crippen molar-refractivity contribution in [2.45, 2.75) is 0 Å². The lowest BCUT2D eigenvalue weighted by Gasteiger charge is -2.28. The van der Waals surface area contributed by atoms with Gasteiger partial charge in [0.1, 0.15) is 0 Å². The van der Waals surface area contributed by atoms with Gasteiger partial charge in [-0.2, -0.15) is 0 Å². The second-order valence-electron chi connectivity index (χ2n) is 14.1. The van der Waals surface area contributed by atoms with Crippen LogP contribution in [0.15, 0.2) is 206 Å². The summed E-state index contributed by atoms with van der Waals surface area (Å²) in [5.41, 5.74) is 11.7. The van der Waals surface area contributed by atoms with E-state index in [9.17, 15) is 0 Å². The summed E-state index contributed by atoms with van der Waals surface area (Å²) in [4.78, 5) is 2.43. The molecule has 0 saturated carbocycles. The average molecular weight is 719 g/mol. The summed E-state index contributed by atoms with van der Waals surface area (Å²) in [6.07, 6.45) is 0. The lowest BCUT2D eigenvalue weighted by molar-refractivity contribution is 1.17. The summed E-state index contributed by atoms with van der Waals surface area (Å²) >= 11 is 1.86. The molecule has 2 heterocycles. The number of anilines is 3. The molecular weight excluding hydrogens is 685 g/mol. The first kappa shape index (κ1) is 31.6. The van der Waals surface area contributed by atoms with Gasteiger partial charge in [-0.1, -0.05) is 140 Å². The van der Waals surface area contributed by atoms with Gasteiger partial charge in [0.05, 0.1) is 16.7 Å². The number of hydrogen-bond acceptors (Lipinski definition) is 2. The van der Waals surface area contributed by atoms with Crippen molar-refractivity contribution in [3.8, 4) is 27.9 Å². The highest BCUT2D eigenvalue weighted by molar-refractivity contribution is 7.25. The van der Waals surface area contributed by atoms with E-state index in [1.54, 1.807) is 0 Å². The van der Waals surface area contributed by atoms with Crippen LogP contribution >= 0.6 is 11.3 Å². The topological polar surface area (TPSA) is 8.17 Å². The van der Waals surface area contributed by atoms with Gasteiger partial charge in [-0.05, 0) is 94.2 Å². The molecule has 9 aromatic carbocycles. The molecule has 0 aliphatic heterocycles. The molecule has 0 radical (unpaired) electrons. The molecule has 0 fully saturated rings. The molecule has 0 amide bonds. The minimum Gasteiger partial charge on any atom is -0.310 e. The van der Waals surface area contributed by atoms with E-state index in [1.807, 2.05) is 11.3 Å². The highest BCUT2D eigenvalue weighted by Crippen LogP contribution is 2.44. The van der Waals surface area contributed by atoms with Crippen LogP contribution in [-0.4, -0.2) is 4.57 Å². The predicted octanol–water partition coefficient (Wildman–Crippen LogP) is 15.1. The zero-order valence-electron chi connectivity index (χ0n) is 29.9. The normalized spacial score (nSPS) is 11.6. The summed E-state index contributed by atoms with van der Waals surface area (Å²) in [7, 11) is 0. The third-order valence-electron chi connectivity index (χ3n) is 11.0. The molecule has 3 heteroatoms. The highest BCUT2D eigenvalue weighted by atomic mass is 32.1. The van der Waals surface area contributed by atoms with Gasteiger partial charge in [0.2, 0.25) is 0 Å². The maximum atomic E-state index is 2.43. The fraction of sp³-hybridized carbons (Fsp3) is 0. The Morgan fingerprint density at radius 1 is 0.364 bits per heavy atom. The van der Waals surface area contributed by atoms with E-state index in [2.05, 4.69) is 216 Å². The van der Waals surface area contributed by atoms with E-state index in [0.717, 1.165) is 22.7 Å². The number of benzene rings is 9. The average Bonchev–Trinajstić information content (AvgIpc) is 3.80. The van der Waals surface area contributed by atoms with Crippen molar-refractivity contribution >= 4 is 81.1 Å². The molecule has 11 rings (SSSR count). The number of aromatic nitrogens is 1.